The molecule has 0 bridgehead atoms. The van der Waals surface area contributed by atoms with Gasteiger partial charge in [0.05, 0.1) is 25.3 Å². The van der Waals surface area contributed by atoms with Gasteiger partial charge in [-0.2, -0.15) is 0 Å². The zero-order valence-electron chi connectivity index (χ0n) is 18.1. The minimum Gasteiger partial charge on any atom is -0.489 e. The molecule has 3 aromatic rings. The summed E-state index contributed by atoms with van der Waals surface area (Å²) in [6.45, 7) is 4.09. The largest absolute Gasteiger partial charge is 0.489 e. The van der Waals surface area contributed by atoms with Gasteiger partial charge in [-0.05, 0) is 24.6 Å². The number of hydrogen-bond donors (Lipinski definition) is 1. The lowest BCUT2D eigenvalue weighted by Gasteiger charge is -2.33. The van der Waals surface area contributed by atoms with Crippen LogP contribution in [-0.4, -0.2) is 60.0 Å². The maximum Gasteiger partial charge on any atom is 0.260 e. The predicted octanol–water partition coefficient (Wildman–Crippen LogP) is 2.27. The lowest BCUT2D eigenvalue weighted by atomic mass is 10.1. The average Bonchev–Trinajstić information content (AvgIpc) is 2.79. The highest BCUT2D eigenvalue weighted by molar-refractivity contribution is 5.77. The Labute approximate surface area is 180 Å². The van der Waals surface area contributed by atoms with Crippen LogP contribution in [0.15, 0.2) is 29.2 Å². The van der Waals surface area contributed by atoms with Crippen molar-refractivity contribution in [3.8, 4) is 11.6 Å². The lowest BCUT2D eigenvalue weighted by molar-refractivity contribution is 0.170. The van der Waals surface area contributed by atoms with Crippen molar-refractivity contribution in [2.75, 3.05) is 38.8 Å². The zero-order chi connectivity index (χ0) is 21.8. The summed E-state index contributed by atoms with van der Waals surface area (Å²) >= 11 is 0. The van der Waals surface area contributed by atoms with Crippen LogP contribution < -0.4 is 19.9 Å². The molecular formula is C22H27N5O4. The standard InChI is InChI=1S/C22H27N5O4/c1-14-12-17-20(24-18(8-11-29-2)25-22(17)28)26-21(14)27-9-6-15(7-10-27)31-16-4-5-19(30-3)23-13-16/h4-5,12-13,15H,6-11H2,1-3H3,(H,24,25,26,28). The smallest absolute Gasteiger partial charge is 0.260 e. The molecule has 0 unspecified atom stereocenters. The lowest BCUT2D eigenvalue weighted by Crippen LogP contribution is -2.39. The maximum atomic E-state index is 12.4. The highest BCUT2D eigenvalue weighted by atomic mass is 16.5. The van der Waals surface area contributed by atoms with E-state index in [1.165, 1.54) is 0 Å². The van der Waals surface area contributed by atoms with Crippen LogP contribution in [0.4, 0.5) is 5.82 Å². The van der Waals surface area contributed by atoms with E-state index < -0.39 is 0 Å². The van der Waals surface area contributed by atoms with E-state index in [2.05, 4.69) is 19.9 Å². The fraction of sp³-hybridized carbons (Fsp3) is 0.455. The van der Waals surface area contributed by atoms with Crippen LogP contribution >= 0.6 is 0 Å². The van der Waals surface area contributed by atoms with Crippen LogP contribution in [0.3, 0.4) is 0 Å². The van der Waals surface area contributed by atoms with Gasteiger partial charge in [0.25, 0.3) is 5.56 Å². The third-order valence-corrected chi connectivity index (χ3v) is 5.42. The Kier molecular flexibility index (Phi) is 6.31. The van der Waals surface area contributed by atoms with E-state index in [1.807, 2.05) is 19.1 Å². The molecule has 0 aromatic carbocycles. The number of H-pyrrole nitrogens is 1. The highest BCUT2D eigenvalue weighted by Gasteiger charge is 2.23. The molecule has 1 saturated heterocycles. The molecule has 0 saturated carbocycles. The number of anilines is 1. The van der Waals surface area contributed by atoms with Gasteiger partial charge in [0.15, 0.2) is 5.65 Å². The molecular weight excluding hydrogens is 398 g/mol. The number of rotatable bonds is 7. The third-order valence-electron chi connectivity index (χ3n) is 5.42. The van der Waals surface area contributed by atoms with Crippen LogP contribution in [-0.2, 0) is 11.2 Å². The highest BCUT2D eigenvalue weighted by Crippen LogP contribution is 2.26. The van der Waals surface area contributed by atoms with Gasteiger partial charge in [-0.15, -0.1) is 0 Å². The number of aromatic nitrogens is 4. The van der Waals surface area contributed by atoms with E-state index in [9.17, 15) is 4.79 Å². The van der Waals surface area contributed by atoms with E-state index in [0.29, 0.717) is 35.8 Å². The second-order valence-corrected chi connectivity index (χ2v) is 7.60. The van der Waals surface area contributed by atoms with Crippen molar-refractivity contribution in [1.82, 2.24) is 19.9 Å². The molecule has 9 heteroatoms. The van der Waals surface area contributed by atoms with Crippen LogP contribution in [0.1, 0.15) is 24.2 Å². The van der Waals surface area contributed by atoms with Crippen LogP contribution in [0.5, 0.6) is 11.6 Å². The molecule has 4 heterocycles. The minimum absolute atomic E-state index is 0.119. The van der Waals surface area contributed by atoms with Crippen molar-refractivity contribution in [3.05, 3.63) is 46.1 Å². The molecule has 4 rings (SSSR count). The van der Waals surface area contributed by atoms with Crippen LogP contribution in [0, 0.1) is 6.92 Å². The number of aromatic amines is 1. The quantitative estimate of drug-likeness (QED) is 0.615. The molecule has 1 aliphatic rings. The topological polar surface area (TPSA) is 102 Å². The number of aryl methyl sites for hydroxylation is 1. The van der Waals surface area contributed by atoms with Crippen molar-refractivity contribution in [2.45, 2.75) is 32.3 Å². The normalized spacial score (nSPS) is 14.7. The SMILES string of the molecule is COCCc1nc2nc(N3CCC(Oc4ccc(OC)nc4)CC3)c(C)cc2c(=O)[nH]1. The van der Waals surface area contributed by atoms with Gasteiger partial charge in [-0.1, -0.05) is 0 Å². The molecule has 0 aliphatic carbocycles. The van der Waals surface area contributed by atoms with Crippen molar-refractivity contribution >= 4 is 16.9 Å². The third kappa shape index (κ3) is 4.77. The molecule has 0 radical (unpaired) electrons. The van der Waals surface area contributed by atoms with E-state index >= 15 is 0 Å². The molecule has 0 spiro atoms. The molecule has 3 aromatic heterocycles. The van der Waals surface area contributed by atoms with Gasteiger partial charge in [-0.25, -0.2) is 15.0 Å². The molecule has 31 heavy (non-hydrogen) atoms. The van der Waals surface area contributed by atoms with Crippen LogP contribution in [0.25, 0.3) is 11.0 Å². The molecule has 164 valence electrons. The molecule has 1 fully saturated rings. The number of nitrogens with one attached hydrogen (secondary N) is 1. The first-order valence-corrected chi connectivity index (χ1v) is 10.4. The Morgan fingerprint density at radius 1 is 1.19 bits per heavy atom. The van der Waals surface area contributed by atoms with Crippen molar-refractivity contribution in [2.24, 2.45) is 0 Å². The Balaban J connectivity index is 1.47. The maximum absolute atomic E-state index is 12.4. The Morgan fingerprint density at radius 2 is 2.00 bits per heavy atom. The number of pyridine rings is 2. The van der Waals surface area contributed by atoms with Crippen LogP contribution in [0.2, 0.25) is 0 Å². The van der Waals surface area contributed by atoms with E-state index in [0.717, 1.165) is 43.1 Å². The monoisotopic (exact) mass is 425 g/mol. The summed E-state index contributed by atoms with van der Waals surface area (Å²) in [5, 5.41) is 0.507. The predicted molar refractivity (Wildman–Crippen MR) is 117 cm³/mol. The fourth-order valence-electron chi connectivity index (χ4n) is 3.77. The van der Waals surface area contributed by atoms with E-state index in [1.54, 1.807) is 26.5 Å². The van der Waals surface area contributed by atoms with E-state index in [4.69, 9.17) is 19.2 Å². The molecule has 0 atom stereocenters. The number of piperidine rings is 1. The minimum atomic E-state index is -0.168. The number of methoxy groups -OCH3 is 2. The molecule has 1 aliphatic heterocycles. The van der Waals surface area contributed by atoms with Gasteiger partial charge >= 0.3 is 0 Å². The number of hydrogen-bond acceptors (Lipinski definition) is 8. The van der Waals surface area contributed by atoms with Gasteiger partial charge in [-0.3, -0.25) is 4.79 Å². The van der Waals surface area contributed by atoms with E-state index in [-0.39, 0.29) is 11.7 Å². The Bertz CT molecular complexity index is 1090. The second kappa shape index (κ2) is 9.30. The zero-order valence-corrected chi connectivity index (χ0v) is 18.1. The summed E-state index contributed by atoms with van der Waals surface area (Å²) in [5.41, 5.74) is 1.26. The second-order valence-electron chi connectivity index (χ2n) is 7.60. The summed E-state index contributed by atoms with van der Waals surface area (Å²) in [6, 6.07) is 5.54. The van der Waals surface area contributed by atoms with Crippen molar-refractivity contribution in [3.63, 3.8) is 0 Å². The van der Waals surface area contributed by atoms with Gasteiger partial charge < -0.3 is 24.1 Å². The van der Waals surface area contributed by atoms with Crippen molar-refractivity contribution < 1.29 is 14.2 Å². The van der Waals surface area contributed by atoms with Gasteiger partial charge in [0.1, 0.15) is 23.5 Å². The van der Waals surface area contributed by atoms with Gasteiger partial charge in [0, 0.05) is 45.5 Å². The average molecular weight is 425 g/mol. The van der Waals surface area contributed by atoms with Crippen molar-refractivity contribution in [1.29, 1.82) is 0 Å². The molecule has 9 nitrogen and oxygen atoms in total. The number of nitrogens with zero attached hydrogens (tertiary/aromatic N) is 4. The summed E-state index contributed by atoms with van der Waals surface area (Å²) in [5.74, 6) is 2.76. The first kappa shape index (κ1) is 21.0. The number of fused-ring (bicyclic) bond motifs is 1. The first-order valence-electron chi connectivity index (χ1n) is 10.4. The summed E-state index contributed by atoms with van der Waals surface area (Å²) in [4.78, 5) is 31.0. The summed E-state index contributed by atoms with van der Waals surface area (Å²) in [7, 11) is 3.21. The summed E-state index contributed by atoms with van der Waals surface area (Å²) in [6.07, 6.45) is 4.08. The molecule has 0 amide bonds. The molecule has 1 N–H and O–H groups in total. The fourth-order valence-corrected chi connectivity index (χ4v) is 3.77. The Hall–Kier alpha value is -3.20. The Morgan fingerprint density at radius 3 is 2.68 bits per heavy atom. The number of ether oxygens (including phenoxy) is 3. The summed E-state index contributed by atoms with van der Waals surface area (Å²) < 4.78 is 16.2. The van der Waals surface area contributed by atoms with Gasteiger partial charge in [0.2, 0.25) is 5.88 Å². The first-order chi connectivity index (χ1) is 15.1.